The highest BCUT2D eigenvalue weighted by Crippen LogP contribution is 2.27. The Morgan fingerprint density at radius 2 is 2.23 bits per heavy atom. The van der Waals surface area contributed by atoms with Crippen molar-refractivity contribution in [3.8, 4) is 6.07 Å². The fourth-order valence-electron chi connectivity index (χ4n) is 2.67. The number of hydrogen-bond acceptors (Lipinski definition) is 5. The molecular weight excluding hydrogens is 342 g/mol. The van der Waals surface area contributed by atoms with Gasteiger partial charge in [0.15, 0.2) is 0 Å². The molecule has 22 heavy (non-hydrogen) atoms. The predicted octanol–water partition coefficient (Wildman–Crippen LogP) is 3.46. The number of hydrogen-bond donors (Lipinski definition) is 2. The summed E-state index contributed by atoms with van der Waals surface area (Å²) in [5, 5.41) is 16.0. The van der Waals surface area contributed by atoms with Gasteiger partial charge in [0, 0.05) is 22.9 Å². The molecule has 1 aromatic rings. The summed E-state index contributed by atoms with van der Waals surface area (Å²) in [5.41, 5.74) is 1.82. The van der Waals surface area contributed by atoms with E-state index in [0.717, 1.165) is 23.0 Å². The van der Waals surface area contributed by atoms with E-state index in [1.54, 1.807) is 18.5 Å². The van der Waals surface area contributed by atoms with Crippen molar-refractivity contribution >= 4 is 27.5 Å². The van der Waals surface area contributed by atoms with Crippen LogP contribution in [0.1, 0.15) is 31.4 Å². The van der Waals surface area contributed by atoms with Crippen molar-refractivity contribution < 1.29 is 0 Å². The topological polar surface area (TPSA) is 73.6 Å². The molecule has 2 heterocycles. The van der Waals surface area contributed by atoms with E-state index in [4.69, 9.17) is 0 Å². The third-order valence-corrected chi connectivity index (χ3v) is 4.43. The zero-order valence-electron chi connectivity index (χ0n) is 12.0. The molecule has 1 aliphatic heterocycles. The van der Waals surface area contributed by atoms with Crippen LogP contribution in [0.5, 0.6) is 0 Å². The monoisotopic (exact) mass is 357 g/mol. The molecule has 112 valence electrons. The third kappa shape index (κ3) is 3.20. The van der Waals surface area contributed by atoms with Crippen LogP contribution < -0.4 is 10.6 Å². The van der Waals surface area contributed by atoms with Crippen LogP contribution in [-0.2, 0) is 0 Å². The lowest BCUT2D eigenvalue weighted by Gasteiger charge is -2.14. The van der Waals surface area contributed by atoms with Crippen LogP contribution in [0, 0.1) is 11.3 Å². The first-order chi connectivity index (χ1) is 10.8. The number of nitriles is 1. The molecule has 0 spiro atoms. The first-order valence-electron chi connectivity index (χ1n) is 7.31. The number of allylic oxidation sites excluding steroid dienone is 4. The molecule has 2 aliphatic rings. The Hall–Kier alpha value is -2.13. The summed E-state index contributed by atoms with van der Waals surface area (Å²) in [6.07, 6.45) is 12.0. The average molecular weight is 358 g/mol. The standard InChI is InChI=1S/C16H16BrN5/c17-13-6-3-8-19-15(13)12(10-18)14-7-9-20-16(22-14)21-11-4-1-2-5-11/h3,6-9,11,19H,1-2,4-5H2,(H,20,21,22)/b15-12-. The van der Waals surface area contributed by atoms with Crippen molar-refractivity contribution in [3.05, 3.63) is 46.5 Å². The normalized spacial score (nSPS) is 20.1. The van der Waals surface area contributed by atoms with Gasteiger partial charge in [0.25, 0.3) is 0 Å². The quantitative estimate of drug-likeness (QED) is 0.810. The molecule has 6 heteroatoms. The number of rotatable bonds is 3. The summed E-state index contributed by atoms with van der Waals surface area (Å²) < 4.78 is 0.829. The van der Waals surface area contributed by atoms with Crippen molar-refractivity contribution in [3.63, 3.8) is 0 Å². The smallest absolute Gasteiger partial charge is 0.223 e. The second-order valence-electron chi connectivity index (χ2n) is 5.27. The van der Waals surface area contributed by atoms with E-state index in [1.165, 1.54) is 12.8 Å². The van der Waals surface area contributed by atoms with Crippen LogP contribution >= 0.6 is 15.9 Å². The Morgan fingerprint density at radius 3 is 2.95 bits per heavy atom. The van der Waals surface area contributed by atoms with Crippen LogP contribution in [-0.4, -0.2) is 16.0 Å². The lowest BCUT2D eigenvalue weighted by Crippen LogP contribution is -2.17. The molecule has 0 atom stereocenters. The van der Waals surface area contributed by atoms with E-state index >= 15 is 0 Å². The van der Waals surface area contributed by atoms with Gasteiger partial charge >= 0.3 is 0 Å². The van der Waals surface area contributed by atoms with Gasteiger partial charge in [-0.15, -0.1) is 0 Å². The zero-order valence-corrected chi connectivity index (χ0v) is 13.6. The van der Waals surface area contributed by atoms with Gasteiger partial charge < -0.3 is 10.6 Å². The van der Waals surface area contributed by atoms with Crippen molar-refractivity contribution in [2.75, 3.05) is 5.32 Å². The molecule has 0 unspecified atom stereocenters. The molecule has 0 aromatic carbocycles. The minimum Gasteiger partial charge on any atom is -0.360 e. The Morgan fingerprint density at radius 1 is 1.41 bits per heavy atom. The molecule has 2 N–H and O–H groups in total. The molecule has 0 amide bonds. The molecule has 1 aromatic heterocycles. The second-order valence-corrected chi connectivity index (χ2v) is 6.13. The molecule has 1 fully saturated rings. The van der Waals surface area contributed by atoms with Crippen molar-refractivity contribution in [1.82, 2.24) is 15.3 Å². The van der Waals surface area contributed by atoms with Crippen LogP contribution in [0.3, 0.4) is 0 Å². The molecule has 5 nitrogen and oxygen atoms in total. The number of dihydropyridines is 1. The number of anilines is 1. The molecule has 1 saturated carbocycles. The number of halogens is 1. The number of nitrogens with one attached hydrogen (secondary N) is 2. The summed E-state index contributed by atoms with van der Waals surface area (Å²) in [5.74, 6) is 0.587. The van der Waals surface area contributed by atoms with Crippen LogP contribution in [0.4, 0.5) is 5.95 Å². The second kappa shape index (κ2) is 6.75. The van der Waals surface area contributed by atoms with E-state index in [9.17, 15) is 5.26 Å². The van der Waals surface area contributed by atoms with E-state index in [0.29, 0.717) is 23.3 Å². The zero-order chi connectivity index (χ0) is 15.4. The fourth-order valence-corrected chi connectivity index (χ4v) is 3.13. The van der Waals surface area contributed by atoms with Crippen molar-refractivity contribution in [2.45, 2.75) is 31.7 Å². The maximum atomic E-state index is 9.52. The maximum Gasteiger partial charge on any atom is 0.223 e. The summed E-state index contributed by atoms with van der Waals surface area (Å²) in [6.45, 7) is 0. The van der Waals surface area contributed by atoms with Crippen LogP contribution in [0.25, 0.3) is 5.57 Å². The van der Waals surface area contributed by atoms with Crippen molar-refractivity contribution in [1.29, 1.82) is 5.26 Å². The van der Waals surface area contributed by atoms with Gasteiger partial charge in [0.05, 0.1) is 11.4 Å². The van der Waals surface area contributed by atoms with E-state index in [1.807, 2.05) is 12.2 Å². The largest absolute Gasteiger partial charge is 0.360 e. The maximum absolute atomic E-state index is 9.52. The van der Waals surface area contributed by atoms with Gasteiger partial charge in [-0.25, -0.2) is 9.97 Å². The highest BCUT2D eigenvalue weighted by atomic mass is 79.9. The molecular formula is C16H16BrN5. The van der Waals surface area contributed by atoms with E-state index in [-0.39, 0.29) is 0 Å². The van der Waals surface area contributed by atoms with Gasteiger partial charge in [-0.1, -0.05) is 12.8 Å². The van der Waals surface area contributed by atoms with E-state index in [2.05, 4.69) is 42.6 Å². The van der Waals surface area contributed by atoms with Gasteiger partial charge in [-0.2, -0.15) is 5.26 Å². The highest BCUT2D eigenvalue weighted by molar-refractivity contribution is 9.12. The third-order valence-electron chi connectivity index (χ3n) is 3.77. The fraction of sp³-hybridized carbons (Fsp3) is 0.312. The van der Waals surface area contributed by atoms with Gasteiger partial charge in [-0.05, 0) is 47.0 Å². The first kappa shape index (κ1) is 14.8. The Labute approximate surface area is 138 Å². The average Bonchev–Trinajstić information content (AvgIpc) is 3.03. The van der Waals surface area contributed by atoms with E-state index < -0.39 is 0 Å². The lowest BCUT2D eigenvalue weighted by atomic mass is 10.1. The van der Waals surface area contributed by atoms with Crippen molar-refractivity contribution in [2.24, 2.45) is 0 Å². The molecule has 0 saturated heterocycles. The molecule has 0 radical (unpaired) electrons. The van der Waals surface area contributed by atoms with Crippen LogP contribution in [0.2, 0.25) is 0 Å². The Bertz CT molecular complexity index is 693. The summed E-state index contributed by atoms with van der Waals surface area (Å²) in [7, 11) is 0. The summed E-state index contributed by atoms with van der Waals surface area (Å²) in [6, 6.07) is 4.43. The number of nitrogens with zero attached hydrogens (tertiary/aromatic N) is 3. The number of aromatic nitrogens is 2. The molecule has 3 rings (SSSR count). The first-order valence-corrected chi connectivity index (χ1v) is 8.11. The lowest BCUT2D eigenvalue weighted by molar-refractivity contribution is 0.743. The van der Waals surface area contributed by atoms with Crippen LogP contribution in [0.15, 0.2) is 40.8 Å². The van der Waals surface area contributed by atoms with Gasteiger partial charge in [-0.3, -0.25) is 0 Å². The predicted molar refractivity (Wildman–Crippen MR) is 89.7 cm³/mol. The Balaban J connectivity index is 1.90. The SMILES string of the molecule is N#C/C(=C1/NC=CC=C1Br)c1ccnc(NC2CCCC2)n1. The minimum absolute atomic E-state index is 0.441. The minimum atomic E-state index is 0.441. The highest BCUT2D eigenvalue weighted by Gasteiger charge is 2.18. The molecule has 1 aliphatic carbocycles. The van der Waals surface area contributed by atoms with Gasteiger partial charge in [0.1, 0.15) is 11.6 Å². The Kier molecular flexibility index (Phi) is 4.54. The van der Waals surface area contributed by atoms with Gasteiger partial charge in [0.2, 0.25) is 5.95 Å². The summed E-state index contributed by atoms with van der Waals surface area (Å²) >= 11 is 3.46. The molecule has 0 bridgehead atoms. The summed E-state index contributed by atoms with van der Waals surface area (Å²) in [4.78, 5) is 8.77.